The Labute approximate surface area is 127 Å². The van der Waals surface area contributed by atoms with E-state index in [0.29, 0.717) is 11.6 Å². The van der Waals surface area contributed by atoms with E-state index in [-0.39, 0.29) is 10.6 Å². The molecule has 1 heterocycles. The molecule has 2 aromatic carbocycles. The Morgan fingerprint density at radius 3 is 2.85 bits per heavy atom. The first-order chi connectivity index (χ1) is 9.65. The fourth-order valence-corrected chi connectivity index (χ4v) is 2.79. The minimum Gasteiger partial charge on any atom is -0.506 e. The topological polar surface area (TPSA) is 56.6 Å². The molecule has 20 heavy (non-hydrogen) atoms. The third kappa shape index (κ3) is 2.46. The van der Waals surface area contributed by atoms with E-state index in [0.717, 1.165) is 22.1 Å². The van der Waals surface area contributed by atoms with Gasteiger partial charge in [-0.3, -0.25) is 0 Å². The van der Waals surface area contributed by atoms with Crippen LogP contribution in [0.2, 0.25) is 0 Å². The van der Waals surface area contributed by atoms with Gasteiger partial charge in [0.25, 0.3) is 0 Å². The summed E-state index contributed by atoms with van der Waals surface area (Å²) in [6, 6.07) is 10.1. The summed E-state index contributed by atoms with van der Waals surface area (Å²) in [5.41, 5.74) is 1.14. The van der Waals surface area contributed by atoms with Crippen LogP contribution in [0.25, 0.3) is 0 Å². The number of rotatable bonds is 1. The minimum atomic E-state index is -0.418. The largest absolute Gasteiger partial charge is 0.506 e. The molecule has 0 radical (unpaired) electrons. The van der Waals surface area contributed by atoms with Crippen LogP contribution in [0.15, 0.2) is 50.2 Å². The number of fused-ring (bicyclic) bond motifs is 1. The number of hydrogen-bond donors (Lipinski definition) is 3. The van der Waals surface area contributed by atoms with Gasteiger partial charge in [-0.15, -0.1) is 0 Å². The summed E-state index contributed by atoms with van der Waals surface area (Å²) < 4.78 is 18.6. The predicted molar refractivity (Wildman–Crippen MR) is 82.7 cm³/mol. The second kappa shape index (κ2) is 5.34. The Kier molecular flexibility index (Phi) is 3.54. The lowest BCUT2D eigenvalue weighted by molar-refractivity contribution is 0.473. The fourth-order valence-electron chi connectivity index (χ4n) is 1.73. The number of benzene rings is 2. The molecule has 102 valence electrons. The average molecular weight is 354 g/mol. The molecule has 7 heteroatoms. The maximum absolute atomic E-state index is 13.6. The summed E-state index contributed by atoms with van der Waals surface area (Å²) in [7, 11) is 0. The first-order valence-corrected chi connectivity index (χ1v) is 7.27. The molecule has 0 saturated heterocycles. The zero-order chi connectivity index (χ0) is 14.1. The highest BCUT2D eigenvalue weighted by atomic mass is 79.9. The van der Waals surface area contributed by atoms with Gasteiger partial charge in [-0.2, -0.15) is 4.40 Å². The standard InChI is InChI=1S/C13H9BrFN3OS/c14-7-3-1-2-4-9(7)16-13-17-11-10(19)6-5-8(15)12(11)20-18-13/h1-6,19H,(H2,16,17,18). The molecular weight excluding hydrogens is 345 g/mol. The SMILES string of the molecule is Oc1ccc(F)c2c1NC(Nc1ccccc1Br)=NS2. The van der Waals surface area contributed by atoms with Gasteiger partial charge in [-0.1, -0.05) is 12.1 Å². The van der Waals surface area contributed by atoms with E-state index in [1.165, 1.54) is 12.1 Å². The number of phenols is 1. The molecule has 0 amide bonds. The average Bonchev–Trinajstić information content (AvgIpc) is 2.46. The summed E-state index contributed by atoms with van der Waals surface area (Å²) in [6.45, 7) is 0. The van der Waals surface area contributed by atoms with E-state index in [4.69, 9.17) is 0 Å². The van der Waals surface area contributed by atoms with Crippen LogP contribution in [0, 0.1) is 5.82 Å². The fraction of sp³-hybridized carbons (Fsp3) is 0. The van der Waals surface area contributed by atoms with Crippen molar-refractivity contribution >= 4 is 45.2 Å². The number of para-hydroxylation sites is 1. The normalized spacial score (nSPS) is 13.2. The molecule has 1 aliphatic heterocycles. The summed E-state index contributed by atoms with van der Waals surface area (Å²) in [6.07, 6.45) is 0. The van der Waals surface area contributed by atoms with E-state index in [2.05, 4.69) is 31.0 Å². The molecule has 0 spiro atoms. The number of nitrogens with zero attached hydrogens (tertiary/aromatic N) is 1. The molecule has 0 bridgehead atoms. The predicted octanol–water partition coefficient (Wildman–Crippen LogP) is 4.19. The Morgan fingerprint density at radius 1 is 1.25 bits per heavy atom. The van der Waals surface area contributed by atoms with E-state index in [9.17, 15) is 9.50 Å². The van der Waals surface area contributed by atoms with Gasteiger partial charge in [-0.05, 0) is 40.2 Å². The maximum Gasteiger partial charge on any atom is 0.212 e. The lowest BCUT2D eigenvalue weighted by atomic mass is 10.2. The van der Waals surface area contributed by atoms with Crippen molar-refractivity contribution in [3.63, 3.8) is 0 Å². The van der Waals surface area contributed by atoms with Crippen LogP contribution < -0.4 is 10.6 Å². The Balaban J connectivity index is 1.87. The van der Waals surface area contributed by atoms with Crippen molar-refractivity contribution in [1.82, 2.24) is 0 Å². The molecule has 0 fully saturated rings. The molecule has 3 rings (SSSR count). The van der Waals surface area contributed by atoms with Crippen LogP contribution in [-0.2, 0) is 0 Å². The summed E-state index contributed by atoms with van der Waals surface area (Å²) in [4.78, 5) is 0.280. The molecular formula is C13H9BrFN3OS. The van der Waals surface area contributed by atoms with Gasteiger partial charge in [0, 0.05) is 16.4 Å². The van der Waals surface area contributed by atoms with Crippen LogP contribution in [0.4, 0.5) is 15.8 Å². The van der Waals surface area contributed by atoms with Gasteiger partial charge in [0.2, 0.25) is 5.96 Å². The molecule has 0 saturated carbocycles. The van der Waals surface area contributed by atoms with Crippen LogP contribution in [0.5, 0.6) is 5.75 Å². The van der Waals surface area contributed by atoms with Crippen molar-refractivity contribution in [3.8, 4) is 5.75 Å². The Bertz CT molecular complexity index is 708. The molecule has 0 aliphatic carbocycles. The third-order valence-electron chi connectivity index (χ3n) is 2.69. The monoisotopic (exact) mass is 353 g/mol. The molecule has 0 aromatic heterocycles. The summed E-state index contributed by atoms with van der Waals surface area (Å²) in [5, 5.41) is 15.7. The lowest BCUT2D eigenvalue weighted by Gasteiger charge is -2.20. The molecule has 1 aliphatic rings. The van der Waals surface area contributed by atoms with Crippen molar-refractivity contribution in [1.29, 1.82) is 0 Å². The highest BCUT2D eigenvalue weighted by molar-refractivity contribution is 9.10. The Morgan fingerprint density at radius 2 is 2.05 bits per heavy atom. The second-order valence-electron chi connectivity index (χ2n) is 4.03. The van der Waals surface area contributed by atoms with E-state index in [1.807, 2.05) is 24.3 Å². The summed E-state index contributed by atoms with van der Waals surface area (Å²) >= 11 is 4.39. The van der Waals surface area contributed by atoms with E-state index in [1.54, 1.807) is 0 Å². The van der Waals surface area contributed by atoms with Crippen LogP contribution in [0.1, 0.15) is 0 Å². The second-order valence-corrected chi connectivity index (χ2v) is 5.66. The van der Waals surface area contributed by atoms with E-state index >= 15 is 0 Å². The van der Waals surface area contributed by atoms with Crippen LogP contribution in [-0.4, -0.2) is 11.1 Å². The molecule has 0 atom stereocenters. The van der Waals surface area contributed by atoms with Gasteiger partial charge < -0.3 is 15.7 Å². The summed E-state index contributed by atoms with van der Waals surface area (Å²) in [5.74, 6) is -0.00970. The highest BCUT2D eigenvalue weighted by Gasteiger charge is 2.20. The number of halogens is 2. The van der Waals surface area contributed by atoms with Crippen molar-refractivity contribution in [2.24, 2.45) is 4.40 Å². The number of hydrogen-bond acceptors (Lipinski definition) is 5. The van der Waals surface area contributed by atoms with Gasteiger partial charge in [-0.25, -0.2) is 4.39 Å². The zero-order valence-corrected chi connectivity index (χ0v) is 12.4. The molecule has 0 unspecified atom stereocenters. The van der Waals surface area contributed by atoms with Gasteiger partial charge in [0.15, 0.2) is 0 Å². The lowest BCUT2D eigenvalue weighted by Crippen LogP contribution is -2.24. The Hall–Kier alpha value is -1.73. The maximum atomic E-state index is 13.6. The third-order valence-corrected chi connectivity index (χ3v) is 4.23. The highest BCUT2D eigenvalue weighted by Crippen LogP contribution is 2.40. The quantitative estimate of drug-likeness (QED) is 0.531. The number of guanidine groups is 1. The van der Waals surface area contributed by atoms with Crippen molar-refractivity contribution < 1.29 is 9.50 Å². The number of phenolic OH excluding ortho intramolecular Hbond substituents is 1. The van der Waals surface area contributed by atoms with Gasteiger partial charge >= 0.3 is 0 Å². The zero-order valence-electron chi connectivity index (χ0n) is 10.0. The molecule has 4 nitrogen and oxygen atoms in total. The van der Waals surface area contributed by atoms with Crippen LogP contribution in [0.3, 0.4) is 0 Å². The van der Waals surface area contributed by atoms with Gasteiger partial charge in [0.05, 0.1) is 10.6 Å². The first kappa shape index (κ1) is 13.3. The molecule has 3 N–H and O–H groups in total. The van der Waals surface area contributed by atoms with Crippen molar-refractivity contribution in [2.45, 2.75) is 4.90 Å². The van der Waals surface area contributed by atoms with Crippen LogP contribution >= 0.6 is 27.9 Å². The smallest absolute Gasteiger partial charge is 0.212 e. The van der Waals surface area contributed by atoms with Crippen molar-refractivity contribution in [2.75, 3.05) is 10.6 Å². The van der Waals surface area contributed by atoms with Crippen molar-refractivity contribution in [3.05, 3.63) is 46.7 Å². The number of aromatic hydroxyl groups is 1. The molecule has 2 aromatic rings. The number of nitrogens with one attached hydrogen (secondary N) is 2. The van der Waals surface area contributed by atoms with Gasteiger partial charge in [0.1, 0.15) is 17.3 Å². The minimum absolute atomic E-state index is 0.0183. The first-order valence-electron chi connectivity index (χ1n) is 5.70. The van der Waals surface area contributed by atoms with E-state index < -0.39 is 5.82 Å². The number of anilines is 2.